The molecule has 0 saturated heterocycles. The number of hydrogen-bond donors (Lipinski definition) is 1. The molecule has 1 N–H and O–H groups in total. The summed E-state index contributed by atoms with van der Waals surface area (Å²) in [6, 6.07) is 0. The molecule has 0 aromatic heterocycles. The summed E-state index contributed by atoms with van der Waals surface area (Å²) >= 11 is 4.86. The van der Waals surface area contributed by atoms with Gasteiger partial charge < -0.3 is 0 Å². The van der Waals surface area contributed by atoms with Crippen molar-refractivity contribution < 1.29 is 0 Å². The molecule has 24 valence electrons. The lowest BCUT2D eigenvalue weighted by molar-refractivity contribution is 1.25. The Kier molecular flexibility index (Phi) is 3.59. The zero-order chi connectivity index (χ0) is 3.41. The van der Waals surface area contributed by atoms with E-state index in [0.29, 0.717) is 0 Å². The Balaban J connectivity index is 2.30. The zero-order valence-electron chi connectivity index (χ0n) is 1.83. The van der Waals surface area contributed by atoms with Crippen LogP contribution < -0.4 is 0 Å². The van der Waals surface area contributed by atoms with Crippen molar-refractivity contribution in [3.05, 3.63) is 0 Å². The fourth-order valence-corrected chi connectivity index (χ4v) is 0. The van der Waals surface area contributed by atoms with E-state index in [0.717, 1.165) is 0 Å². The second kappa shape index (κ2) is 3.32. The van der Waals surface area contributed by atoms with E-state index in [-0.39, 0.29) is 8.08 Å². The van der Waals surface area contributed by atoms with Gasteiger partial charge in [-0.05, 0) is 0 Å². The Morgan fingerprint density at radius 1 is 2.00 bits per heavy atom. The summed E-state index contributed by atoms with van der Waals surface area (Å²) in [4.78, 5) is 2.78. The number of halogens is 1. The lowest BCUT2D eigenvalue weighted by Gasteiger charge is -1.54. The van der Waals surface area contributed by atoms with Crippen molar-refractivity contribution in [3.63, 3.8) is 0 Å². The first-order chi connectivity index (χ1) is 1.91. The van der Waals surface area contributed by atoms with E-state index < -0.39 is 0 Å². The highest BCUT2D eigenvalue weighted by Crippen LogP contribution is 2.14. The first kappa shape index (κ1) is 4.32. The summed E-state index contributed by atoms with van der Waals surface area (Å²) < 4.78 is 0. The Labute approximate surface area is 30.7 Å². The van der Waals surface area contributed by atoms with Gasteiger partial charge >= 0.3 is 0 Å². The number of nitrogens with zero attached hydrogens (tertiary/aromatic N) is 1. The maximum Gasteiger partial charge on any atom is 0.120 e. The van der Waals surface area contributed by atoms with Gasteiger partial charge in [0, 0.05) is 0 Å². The van der Waals surface area contributed by atoms with E-state index in [1.807, 2.05) is 0 Å². The summed E-state index contributed by atoms with van der Waals surface area (Å²) in [5.74, 6) is 0. The third-order valence-corrected chi connectivity index (χ3v) is 0.380. The maximum atomic E-state index is 5.96. The van der Waals surface area contributed by atoms with E-state index in [9.17, 15) is 0 Å². The molecular formula is H2ClN2P. The largest absolute Gasteiger partial charge is 0.205 e. The molecular weight excluding hydrogens is 94.4 g/mol. The lowest BCUT2D eigenvalue weighted by atomic mass is 13.3. The first-order valence-corrected chi connectivity index (χ1v) is 2.60. The standard InChI is InChI=1S/ClH2N2P/c1-4-3-2/h2,4H. The van der Waals surface area contributed by atoms with Crippen molar-refractivity contribution >= 4 is 19.3 Å². The Morgan fingerprint density at radius 3 is 2.25 bits per heavy atom. The molecule has 2 nitrogen and oxygen atoms in total. The molecule has 0 heterocycles. The molecule has 0 aliphatic carbocycles. The van der Waals surface area contributed by atoms with E-state index in [1.54, 1.807) is 0 Å². The molecule has 0 amide bonds. The van der Waals surface area contributed by atoms with Crippen LogP contribution in [0.4, 0.5) is 0 Å². The third-order valence-electron chi connectivity index (χ3n) is 0.0423. The van der Waals surface area contributed by atoms with Crippen LogP contribution in [0.25, 0.3) is 0 Å². The minimum atomic E-state index is -0.0957. The second-order valence-corrected chi connectivity index (χ2v) is 1.10. The average molecular weight is 96.5 g/mol. The van der Waals surface area contributed by atoms with Crippen LogP contribution in [0.1, 0.15) is 0 Å². The van der Waals surface area contributed by atoms with Gasteiger partial charge in [0.15, 0.2) is 0 Å². The third kappa shape index (κ3) is 2.32. The molecule has 0 aromatic carbocycles. The number of nitrogens with one attached hydrogen (secondary N) is 1. The summed E-state index contributed by atoms with van der Waals surface area (Å²) in [6.45, 7) is 0. The molecule has 4 heavy (non-hydrogen) atoms. The van der Waals surface area contributed by atoms with E-state index in [4.69, 9.17) is 16.8 Å². The highest BCUT2D eigenvalue weighted by molar-refractivity contribution is 7.67. The maximum absolute atomic E-state index is 5.96. The summed E-state index contributed by atoms with van der Waals surface area (Å²) in [5, 5.41) is 0. The summed E-state index contributed by atoms with van der Waals surface area (Å²) in [6.07, 6.45) is 0. The zero-order valence-corrected chi connectivity index (χ0v) is 3.58. The van der Waals surface area contributed by atoms with Crippen LogP contribution in [0.15, 0.2) is 4.88 Å². The van der Waals surface area contributed by atoms with Crippen LogP contribution in [-0.4, -0.2) is 0 Å². The molecule has 0 aliphatic rings. The Morgan fingerprint density at radius 2 is 2.25 bits per heavy atom. The van der Waals surface area contributed by atoms with Crippen LogP contribution in [0, 0.1) is 5.53 Å². The highest BCUT2D eigenvalue weighted by Gasteiger charge is 1.50. The van der Waals surface area contributed by atoms with Crippen molar-refractivity contribution in [1.82, 2.24) is 0 Å². The highest BCUT2D eigenvalue weighted by atomic mass is 35.7. The van der Waals surface area contributed by atoms with Crippen LogP contribution in [0.5, 0.6) is 0 Å². The molecule has 0 rings (SSSR count). The van der Waals surface area contributed by atoms with Crippen molar-refractivity contribution in [2.24, 2.45) is 4.88 Å². The van der Waals surface area contributed by atoms with Gasteiger partial charge in [-0.25, -0.2) is 5.53 Å². The van der Waals surface area contributed by atoms with Crippen LogP contribution in [0.3, 0.4) is 0 Å². The predicted molar refractivity (Wildman–Crippen MR) is 19.3 cm³/mol. The van der Waals surface area contributed by atoms with Crippen molar-refractivity contribution in [2.45, 2.75) is 0 Å². The van der Waals surface area contributed by atoms with E-state index in [2.05, 4.69) is 4.88 Å². The number of hydrogen-bond acceptors (Lipinski definition) is 2. The molecule has 1 unspecified atom stereocenters. The van der Waals surface area contributed by atoms with E-state index in [1.165, 1.54) is 0 Å². The topological polar surface area (TPSA) is 36.2 Å². The minimum Gasteiger partial charge on any atom is -0.205 e. The average Bonchev–Trinajstić information content (AvgIpc) is 1.37. The molecule has 0 spiro atoms. The fourth-order valence-electron chi connectivity index (χ4n) is 0. The van der Waals surface area contributed by atoms with Crippen molar-refractivity contribution in [1.29, 1.82) is 5.53 Å². The van der Waals surface area contributed by atoms with Gasteiger partial charge in [-0.2, -0.15) is 4.88 Å². The molecule has 1 atom stereocenters. The molecule has 0 aliphatic heterocycles. The van der Waals surface area contributed by atoms with Gasteiger partial charge in [-0.3, -0.25) is 0 Å². The van der Waals surface area contributed by atoms with Gasteiger partial charge in [0.2, 0.25) is 0 Å². The Bertz CT molecular complexity index is 20.0. The molecule has 0 saturated carbocycles. The Hall–Kier alpha value is 0.320. The fraction of sp³-hybridized carbons (Fsp3) is 0. The number of rotatable bonds is 1. The van der Waals surface area contributed by atoms with Gasteiger partial charge in [0.05, 0.1) is 0 Å². The van der Waals surface area contributed by atoms with Crippen LogP contribution in [-0.2, 0) is 0 Å². The predicted octanol–water partition coefficient (Wildman–Crippen LogP) is 1.76. The van der Waals surface area contributed by atoms with Gasteiger partial charge in [-0.15, -0.1) is 0 Å². The normalized spacial score (nSPS) is 9.25. The summed E-state index contributed by atoms with van der Waals surface area (Å²) in [5.41, 5.74) is 5.96. The minimum absolute atomic E-state index is 0.0957. The van der Waals surface area contributed by atoms with E-state index >= 15 is 0 Å². The van der Waals surface area contributed by atoms with Crippen molar-refractivity contribution in [2.75, 3.05) is 0 Å². The van der Waals surface area contributed by atoms with Crippen LogP contribution >= 0.6 is 19.3 Å². The smallest absolute Gasteiger partial charge is 0.120 e. The molecule has 4 heteroatoms. The van der Waals surface area contributed by atoms with Crippen LogP contribution in [0.2, 0.25) is 0 Å². The quantitative estimate of drug-likeness (QED) is 0.382. The molecule has 0 fully saturated rings. The second-order valence-electron chi connectivity index (χ2n) is 0.196. The van der Waals surface area contributed by atoms with Gasteiger partial charge in [0.1, 0.15) is 8.08 Å². The van der Waals surface area contributed by atoms with Crippen molar-refractivity contribution in [3.8, 4) is 0 Å². The molecule has 0 radical (unpaired) electrons. The lowest BCUT2D eigenvalue weighted by Crippen LogP contribution is -1.03. The SMILES string of the molecule is N=NPCl. The first-order valence-electron chi connectivity index (χ1n) is 0.636. The molecule has 0 aromatic rings. The monoisotopic (exact) mass is 96.0 g/mol. The van der Waals surface area contributed by atoms with Gasteiger partial charge in [0.25, 0.3) is 0 Å². The summed E-state index contributed by atoms with van der Waals surface area (Å²) in [7, 11) is -0.0957. The molecule has 0 bridgehead atoms. The van der Waals surface area contributed by atoms with Gasteiger partial charge in [-0.1, -0.05) is 11.2 Å².